The van der Waals surface area contributed by atoms with Crippen LogP contribution in [0, 0.1) is 20.8 Å². The van der Waals surface area contributed by atoms with Crippen LogP contribution in [0.3, 0.4) is 0 Å². The number of sulfone groups is 1. The number of amides is 1. The van der Waals surface area contributed by atoms with E-state index in [0.29, 0.717) is 12.2 Å². The highest BCUT2D eigenvalue weighted by Gasteiger charge is 2.34. The van der Waals surface area contributed by atoms with Gasteiger partial charge in [-0.05, 0) is 39.7 Å². The summed E-state index contributed by atoms with van der Waals surface area (Å²) in [5, 5.41) is 1.50. The Bertz CT molecular complexity index is 969. The van der Waals surface area contributed by atoms with Crippen LogP contribution in [0.1, 0.15) is 29.6 Å². The van der Waals surface area contributed by atoms with Crippen molar-refractivity contribution in [2.45, 2.75) is 50.4 Å². The van der Waals surface area contributed by atoms with E-state index in [0.717, 1.165) is 20.8 Å². The molecule has 3 heterocycles. The average molecular weight is 414 g/mol. The first kappa shape index (κ1) is 19.6. The van der Waals surface area contributed by atoms with Gasteiger partial charge in [0.15, 0.2) is 9.84 Å². The van der Waals surface area contributed by atoms with E-state index in [2.05, 4.69) is 23.8 Å². The molecule has 0 N–H and O–H groups in total. The zero-order chi connectivity index (χ0) is 19.2. The largest absolute Gasteiger partial charge is 0.341 e. The molecule has 6 nitrogen and oxygen atoms in total. The fourth-order valence-electron chi connectivity index (χ4n) is 3.17. The standard InChI is InChI=1S/C17H23N3O3S3/c1-9-10(2)24-15-14(9)16(19-12(4)18-15)25-11(3)17(21)20(5)13-6-7-26(22,23)8-13/h11,13H,6-8H2,1-5H3/t11-,13+/m1/s1. The smallest absolute Gasteiger partial charge is 0.235 e. The van der Waals surface area contributed by atoms with Crippen LogP contribution in [0.15, 0.2) is 5.03 Å². The van der Waals surface area contributed by atoms with Gasteiger partial charge >= 0.3 is 0 Å². The fourth-order valence-corrected chi connectivity index (χ4v) is 7.23. The summed E-state index contributed by atoms with van der Waals surface area (Å²) in [5.41, 5.74) is 1.15. The molecule has 1 aliphatic heterocycles. The van der Waals surface area contributed by atoms with Crippen LogP contribution < -0.4 is 0 Å². The maximum atomic E-state index is 12.8. The second-order valence-electron chi connectivity index (χ2n) is 6.81. The minimum atomic E-state index is -3.02. The highest BCUT2D eigenvalue weighted by molar-refractivity contribution is 8.00. The maximum absolute atomic E-state index is 12.8. The number of aromatic nitrogens is 2. The molecule has 0 radical (unpaired) electrons. The molecule has 26 heavy (non-hydrogen) atoms. The summed E-state index contributed by atoms with van der Waals surface area (Å²) in [6.45, 7) is 7.83. The van der Waals surface area contributed by atoms with Crippen molar-refractivity contribution in [2.75, 3.05) is 18.6 Å². The molecule has 0 aromatic carbocycles. The van der Waals surface area contributed by atoms with Crippen LogP contribution in [0.2, 0.25) is 0 Å². The minimum absolute atomic E-state index is 0.0618. The highest BCUT2D eigenvalue weighted by Crippen LogP contribution is 2.37. The van der Waals surface area contributed by atoms with Crippen molar-refractivity contribution in [3.63, 3.8) is 0 Å². The van der Waals surface area contributed by atoms with E-state index >= 15 is 0 Å². The van der Waals surface area contributed by atoms with Gasteiger partial charge in [-0.1, -0.05) is 11.8 Å². The lowest BCUT2D eigenvalue weighted by Gasteiger charge is -2.26. The molecular formula is C17H23N3O3S3. The molecule has 2 aromatic rings. The summed E-state index contributed by atoms with van der Waals surface area (Å²) in [6.07, 6.45) is 0.516. The van der Waals surface area contributed by atoms with Gasteiger partial charge in [0.25, 0.3) is 0 Å². The van der Waals surface area contributed by atoms with E-state index in [1.54, 1.807) is 23.3 Å². The average Bonchev–Trinajstić information content (AvgIpc) is 3.05. The molecule has 142 valence electrons. The quantitative estimate of drug-likeness (QED) is 0.566. The second-order valence-corrected chi connectivity index (χ2v) is 11.6. The van der Waals surface area contributed by atoms with Crippen LogP contribution in [-0.4, -0.2) is 59.0 Å². The third kappa shape index (κ3) is 3.75. The highest BCUT2D eigenvalue weighted by atomic mass is 32.2. The predicted molar refractivity (Wildman–Crippen MR) is 107 cm³/mol. The Labute approximate surface area is 162 Å². The lowest BCUT2D eigenvalue weighted by molar-refractivity contribution is -0.130. The van der Waals surface area contributed by atoms with Crippen LogP contribution in [0.5, 0.6) is 0 Å². The molecule has 0 unspecified atom stereocenters. The Hall–Kier alpha value is -1.19. The molecule has 1 saturated heterocycles. The molecule has 0 aliphatic carbocycles. The molecule has 0 bridgehead atoms. The molecule has 0 saturated carbocycles. The van der Waals surface area contributed by atoms with Gasteiger partial charge in [0.2, 0.25) is 5.91 Å². The van der Waals surface area contributed by atoms with Crippen molar-refractivity contribution in [1.82, 2.24) is 14.9 Å². The van der Waals surface area contributed by atoms with Gasteiger partial charge in [-0.15, -0.1) is 11.3 Å². The van der Waals surface area contributed by atoms with Crippen LogP contribution in [0.25, 0.3) is 10.2 Å². The molecule has 9 heteroatoms. The number of thioether (sulfide) groups is 1. The van der Waals surface area contributed by atoms with Crippen LogP contribution in [0.4, 0.5) is 0 Å². The number of hydrogen-bond acceptors (Lipinski definition) is 7. The number of fused-ring (bicyclic) bond motifs is 1. The van der Waals surface area contributed by atoms with Gasteiger partial charge < -0.3 is 4.90 Å². The normalized spacial score (nSPS) is 20.4. The van der Waals surface area contributed by atoms with Crippen molar-refractivity contribution in [2.24, 2.45) is 0 Å². The number of thiophene rings is 1. The van der Waals surface area contributed by atoms with Crippen molar-refractivity contribution >= 4 is 49.1 Å². The first-order valence-electron chi connectivity index (χ1n) is 8.47. The van der Waals surface area contributed by atoms with Crippen molar-refractivity contribution in [3.05, 3.63) is 16.3 Å². The molecule has 1 aliphatic rings. The number of carbonyl (C=O) groups excluding carboxylic acids is 1. The number of nitrogens with zero attached hydrogens (tertiary/aromatic N) is 3. The Morgan fingerprint density at radius 1 is 1.31 bits per heavy atom. The van der Waals surface area contributed by atoms with E-state index in [1.165, 1.54) is 16.6 Å². The van der Waals surface area contributed by atoms with Gasteiger partial charge in [0.05, 0.1) is 16.8 Å². The summed E-state index contributed by atoms with van der Waals surface area (Å²) >= 11 is 3.07. The van der Waals surface area contributed by atoms with Crippen molar-refractivity contribution in [1.29, 1.82) is 0 Å². The predicted octanol–water partition coefficient (Wildman–Crippen LogP) is 2.74. The molecule has 1 amide bonds. The number of hydrogen-bond donors (Lipinski definition) is 0. The van der Waals surface area contributed by atoms with E-state index in [9.17, 15) is 13.2 Å². The maximum Gasteiger partial charge on any atom is 0.235 e. The van der Waals surface area contributed by atoms with Crippen LogP contribution >= 0.6 is 23.1 Å². The summed E-state index contributed by atoms with van der Waals surface area (Å²) in [4.78, 5) is 25.7. The number of aryl methyl sites for hydroxylation is 3. The van der Waals surface area contributed by atoms with Gasteiger partial charge in [-0.3, -0.25) is 4.79 Å². The van der Waals surface area contributed by atoms with Crippen molar-refractivity contribution in [3.8, 4) is 0 Å². The number of carbonyl (C=O) groups is 1. The fraction of sp³-hybridized carbons (Fsp3) is 0.588. The first-order valence-corrected chi connectivity index (χ1v) is 12.0. The van der Waals surface area contributed by atoms with Crippen LogP contribution in [-0.2, 0) is 14.6 Å². The van der Waals surface area contributed by atoms with E-state index < -0.39 is 9.84 Å². The first-order chi connectivity index (χ1) is 12.1. The second kappa shape index (κ2) is 7.09. The SMILES string of the molecule is Cc1nc(S[C@H](C)C(=O)N(C)[C@H]2CCS(=O)(=O)C2)c2c(C)c(C)sc2n1. The molecule has 2 aromatic heterocycles. The summed E-state index contributed by atoms with van der Waals surface area (Å²) < 4.78 is 23.4. The third-order valence-electron chi connectivity index (χ3n) is 4.85. The lowest BCUT2D eigenvalue weighted by atomic mass is 10.2. The van der Waals surface area contributed by atoms with E-state index in [4.69, 9.17) is 0 Å². The zero-order valence-electron chi connectivity index (χ0n) is 15.6. The monoisotopic (exact) mass is 413 g/mol. The van der Waals surface area contributed by atoms with E-state index in [1.807, 2.05) is 13.8 Å². The zero-order valence-corrected chi connectivity index (χ0v) is 18.0. The molecular weight excluding hydrogens is 390 g/mol. The van der Waals surface area contributed by atoms with Gasteiger partial charge in [0, 0.05) is 23.4 Å². The molecule has 2 atom stereocenters. The van der Waals surface area contributed by atoms with Crippen molar-refractivity contribution < 1.29 is 13.2 Å². The summed E-state index contributed by atoms with van der Waals surface area (Å²) in [6, 6.07) is -0.229. The summed E-state index contributed by atoms with van der Waals surface area (Å²) in [5.74, 6) is 0.852. The van der Waals surface area contributed by atoms with Gasteiger partial charge in [-0.2, -0.15) is 0 Å². The molecule has 3 rings (SSSR count). The molecule has 0 spiro atoms. The Morgan fingerprint density at radius 3 is 2.62 bits per heavy atom. The van der Waals surface area contributed by atoms with E-state index in [-0.39, 0.29) is 28.7 Å². The third-order valence-corrected chi connectivity index (χ3v) is 8.77. The Kier molecular flexibility index (Phi) is 5.33. The number of rotatable bonds is 4. The Morgan fingerprint density at radius 2 is 2.00 bits per heavy atom. The van der Waals surface area contributed by atoms with Gasteiger partial charge in [0.1, 0.15) is 15.7 Å². The Balaban J connectivity index is 1.82. The minimum Gasteiger partial charge on any atom is -0.341 e. The lowest BCUT2D eigenvalue weighted by Crippen LogP contribution is -2.41. The topological polar surface area (TPSA) is 80.2 Å². The molecule has 1 fully saturated rings. The summed E-state index contributed by atoms with van der Waals surface area (Å²) in [7, 11) is -1.32. The van der Waals surface area contributed by atoms with Gasteiger partial charge in [-0.25, -0.2) is 18.4 Å².